The van der Waals surface area contributed by atoms with Gasteiger partial charge in [0.1, 0.15) is 0 Å². The van der Waals surface area contributed by atoms with E-state index in [2.05, 4.69) is 25.5 Å². The molecule has 1 aliphatic rings. The van der Waals surface area contributed by atoms with Gasteiger partial charge in [-0.2, -0.15) is 5.10 Å². The molecule has 0 amide bonds. The zero-order valence-electron chi connectivity index (χ0n) is 15.1. The van der Waals surface area contributed by atoms with E-state index < -0.39 is 0 Å². The van der Waals surface area contributed by atoms with Gasteiger partial charge in [-0.3, -0.25) is 0 Å². The molecule has 0 aliphatic heterocycles. The molecule has 0 unspecified atom stereocenters. The van der Waals surface area contributed by atoms with Crippen LogP contribution >= 0.6 is 0 Å². The number of aromatic nitrogens is 6. The van der Waals surface area contributed by atoms with Gasteiger partial charge in [-0.25, -0.2) is 19.0 Å². The molecule has 1 fully saturated rings. The highest BCUT2D eigenvalue weighted by molar-refractivity contribution is 5.78. The zero-order chi connectivity index (χ0) is 18.2. The van der Waals surface area contributed by atoms with Gasteiger partial charge >= 0.3 is 0 Å². The lowest BCUT2D eigenvalue weighted by Gasteiger charge is -2.28. The number of rotatable bonds is 4. The van der Waals surface area contributed by atoms with Gasteiger partial charge in [-0.05, 0) is 43.9 Å². The van der Waals surface area contributed by atoms with Gasteiger partial charge in [0.2, 0.25) is 5.95 Å². The molecule has 1 aliphatic carbocycles. The first-order chi connectivity index (χ1) is 13.3. The third kappa shape index (κ3) is 3.02. The SMILES string of the molecule is CO[C@H]1CC[C@H](Nc2ncc3c(-c4ccc5nccn5n4)ccn3n2)CC1. The summed E-state index contributed by atoms with van der Waals surface area (Å²) in [5.41, 5.74) is 3.62. The van der Waals surface area contributed by atoms with E-state index in [1.54, 1.807) is 17.8 Å². The van der Waals surface area contributed by atoms with Crippen LogP contribution in [0.3, 0.4) is 0 Å². The molecular weight excluding hydrogens is 342 g/mol. The Morgan fingerprint density at radius 3 is 2.74 bits per heavy atom. The predicted molar refractivity (Wildman–Crippen MR) is 102 cm³/mol. The molecule has 1 N–H and O–H groups in total. The van der Waals surface area contributed by atoms with Crippen molar-refractivity contribution in [1.82, 2.24) is 29.2 Å². The van der Waals surface area contributed by atoms with Crippen LogP contribution in [0.4, 0.5) is 5.95 Å². The molecule has 0 saturated heterocycles. The number of methoxy groups -OCH3 is 1. The molecule has 4 aromatic rings. The van der Waals surface area contributed by atoms with Gasteiger partial charge in [0.05, 0.1) is 23.5 Å². The molecule has 1 saturated carbocycles. The smallest absolute Gasteiger partial charge is 0.241 e. The maximum atomic E-state index is 5.44. The van der Waals surface area contributed by atoms with E-state index in [4.69, 9.17) is 4.74 Å². The van der Waals surface area contributed by atoms with E-state index in [0.717, 1.165) is 48.1 Å². The number of ether oxygens (including phenoxy) is 1. The Balaban J connectivity index is 1.39. The van der Waals surface area contributed by atoms with Crippen LogP contribution < -0.4 is 5.32 Å². The fourth-order valence-corrected chi connectivity index (χ4v) is 3.77. The van der Waals surface area contributed by atoms with Crippen LogP contribution in [-0.2, 0) is 4.74 Å². The highest BCUT2D eigenvalue weighted by atomic mass is 16.5. The summed E-state index contributed by atoms with van der Waals surface area (Å²) in [5.74, 6) is 0.656. The van der Waals surface area contributed by atoms with Gasteiger partial charge < -0.3 is 10.1 Å². The minimum Gasteiger partial charge on any atom is -0.381 e. The number of hydrogen-bond acceptors (Lipinski definition) is 6. The Morgan fingerprint density at radius 2 is 1.89 bits per heavy atom. The van der Waals surface area contributed by atoms with Crippen molar-refractivity contribution in [1.29, 1.82) is 0 Å². The van der Waals surface area contributed by atoms with Crippen LogP contribution in [0.25, 0.3) is 22.4 Å². The number of nitrogens with one attached hydrogen (secondary N) is 1. The van der Waals surface area contributed by atoms with Gasteiger partial charge in [0, 0.05) is 37.3 Å². The Labute approximate surface area is 156 Å². The molecule has 0 spiro atoms. The summed E-state index contributed by atoms with van der Waals surface area (Å²) < 4.78 is 9.06. The van der Waals surface area contributed by atoms with Crippen LogP contribution in [0, 0.1) is 0 Å². The average molecular weight is 363 g/mol. The normalized spacial score (nSPS) is 20.3. The lowest BCUT2D eigenvalue weighted by molar-refractivity contribution is 0.0681. The molecule has 8 heteroatoms. The van der Waals surface area contributed by atoms with E-state index in [9.17, 15) is 0 Å². The molecule has 0 radical (unpaired) electrons. The van der Waals surface area contributed by atoms with E-state index in [0.29, 0.717) is 18.1 Å². The van der Waals surface area contributed by atoms with Crippen LogP contribution in [0.5, 0.6) is 0 Å². The summed E-state index contributed by atoms with van der Waals surface area (Å²) in [6, 6.07) is 6.34. The summed E-state index contributed by atoms with van der Waals surface area (Å²) in [6.45, 7) is 0. The second-order valence-electron chi connectivity index (χ2n) is 6.94. The fourth-order valence-electron chi connectivity index (χ4n) is 3.77. The summed E-state index contributed by atoms with van der Waals surface area (Å²) in [6.07, 6.45) is 12.1. The molecule has 0 atom stereocenters. The third-order valence-corrected chi connectivity index (χ3v) is 5.29. The number of hydrogen-bond donors (Lipinski definition) is 1. The molecule has 5 rings (SSSR count). The van der Waals surface area contributed by atoms with Gasteiger partial charge in [0.15, 0.2) is 5.65 Å². The molecule has 0 aromatic carbocycles. The van der Waals surface area contributed by atoms with Crippen molar-refractivity contribution in [3.63, 3.8) is 0 Å². The van der Waals surface area contributed by atoms with Crippen molar-refractivity contribution in [2.75, 3.05) is 12.4 Å². The molecule has 4 aromatic heterocycles. The molecule has 8 nitrogen and oxygen atoms in total. The average Bonchev–Trinajstić information content (AvgIpc) is 3.34. The first kappa shape index (κ1) is 16.2. The molecule has 4 heterocycles. The van der Waals surface area contributed by atoms with E-state index in [1.807, 2.05) is 41.3 Å². The Hall–Kier alpha value is -3.00. The van der Waals surface area contributed by atoms with Crippen LogP contribution in [0.2, 0.25) is 0 Å². The number of fused-ring (bicyclic) bond motifs is 2. The van der Waals surface area contributed by atoms with Crippen molar-refractivity contribution in [2.24, 2.45) is 0 Å². The lowest BCUT2D eigenvalue weighted by atomic mass is 9.93. The third-order valence-electron chi connectivity index (χ3n) is 5.29. The zero-order valence-corrected chi connectivity index (χ0v) is 15.1. The van der Waals surface area contributed by atoms with E-state index in [-0.39, 0.29) is 0 Å². The first-order valence-corrected chi connectivity index (χ1v) is 9.24. The number of anilines is 1. The van der Waals surface area contributed by atoms with Crippen LogP contribution in [0.1, 0.15) is 25.7 Å². The summed E-state index contributed by atoms with van der Waals surface area (Å²) in [7, 11) is 1.79. The monoisotopic (exact) mass is 363 g/mol. The van der Waals surface area contributed by atoms with Crippen LogP contribution in [-0.4, -0.2) is 48.5 Å². The Kier molecular flexibility index (Phi) is 3.97. The largest absolute Gasteiger partial charge is 0.381 e. The standard InChI is InChI=1S/C19H21N7O/c1-27-14-4-2-13(3-5-14)22-19-21-12-17-15(8-10-25(17)24-19)16-6-7-18-20-9-11-26(18)23-16/h6-14H,2-5H2,1H3,(H,22,24)/t13-,14-. The fraction of sp³-hybridized carbons (Fsp3) is 0.368. The van der Waals surface area contributed by atoms with Crippen LogP contribution in [0.15, 0.2) is 43.0 Å². The molecule has 138 valence electrons. The van der Waals surface area contributed by atoms with Gasteiger partial charge in [-0.15, -0.1) is 5.10 Å². The topological polar surface area (TPSA) is 81.6 Å². The molecule has 0 bridgehead atoms. The number of nitrogens with zero attached hydrogens (tertiary/aromatic N) is 6. The minimum atomic E-state index is 0.388. The lowest BCUT2D eigenvalue weighted by Crippen LogP contribution is -2.30. The van der Waals surface area contributed by atoms with Crippen molar-refractivity contribution in [3.05, 3.63) is 43.0 Å². The number of imidazole rings is 1. The second-order valence-corrected chi connectivity index (χ2v) is 6.94. The predicted octanol–water partition coefficient (Wildman–Crippen LogP) is 2.81. The van der Waals surface area contributed by atoms with E-state index >= 15 is 0 Å². The Bertz CT molecular complexity index is 1080. The maximum Gasteiger partial charge on any atom is 0.241 e. The molecular formula is C19H21N7O. The minimum absolute atomic E-state index is 0.388. The molecule has 27 heavy (non-hydrogen) atoms. The van der Waals surface area contributed by atoms with Crippen molar-refractivity contribution >= 4 is 17.1 Å². The van der Waals surface area contributed by atoms with Crippen molar-refractivity contribution < 1.29 is 4.74 Å². The summed E-state index contributed by atoms with van der Waals surface area (Å²) in [5, 5.41) is 12.7. The highest BCUT2D eigenvalue weighted by Crippen LogP contribution is 2.25. The summed E-state index contributed by atoms with van der Waals surface area (Å²) in [4.78, 5) is 8.76. The van der Waals surface area contributed by atoms with Gasteiger partial charge in [0.25, 0.3) is 0 Å². The summed E-state index contributed by atoms with van der Waals surface area (Å²) >= 11 is 0. The Morgan fingerprint density at radius 1 is 1.00 bits per heavy atom. The second kappa shape index (κ2) is 6.62. The van der Waals surface area contributed by atoms with Crippen molar-refractivity contribution in [2.45, 2.75) is 37.8 Å². The highest BCUT2D eigenvalue weighted by Gasteiger charge is 2.21. The van der Waals surface area contributed by atoms with E-state index in [1.165, 1.54) is 0 Å². The van der Waals surface area contributed by atoms with Gasteiger partial charge in [-0.1, -0.05) is 0 Å². The van der Waals surface area contributed by atoms with Crippen molar-refractivity contribution in [3.8, 4) is 11.3 Å². The first-order valence-electron chi connectivity index (χ1n) is 9.24. The maximum absolute atomic E-state index is 5.44. The quantitative estimate of drug-likeness (QED) is 0.600.